The standard InChI is InChI=1S/C12H17F2N5O/c13-11(14)9-4-10(19-12(17-9)15-6-16-19)8-2-1-3-18(5-8)7-20/h4,6,8,11-12,20H,1-3,5,7H2,(H,15,16). The lowest BCUT2D eigenvalue weighted by Crippen LogP contribution is -2.46. The molecule has 110 valence electrons. The molecular weight excluding hydrogens is 268 g/mol. The van der Waals surface area contributed by atoms with Gasteiger partial charge in [-0.15, -0.1) is 0 Å². The first kappa shape index (κ1) is 13.4. The SMILES string of the molecule is OCN1CCCC(C2=CC(C(F)F)=NC3N=CNN23)C1. The number of hydrogen-bond acceptors (Lipinski definition) is 6. The molecule has 20 heavy (non-hydrogen) atoms. The maximum atomic E-state index is 12.9. The van der Waals surface area contributed by atoms with Crippen LogP contribution in [-0.4, -0.2) is 59.6 Å². The summed E-state index contributed by atoms with van der Waals surface area (Å²) < 4.78 is 25.9. The van der Waals surface area contributed by atoms with Crippen LogP contribution in [0.15, 0.2) is 21.8 Å². The largest absolute Gasteiger partial charge is 0.381 e. The molecule has 0 aliphatic carbocycles. The number of hydrogen-bond donors (Lipinski definition) is 2. The summed E-state index contributed by atoms with van der Waals surface area (Å²) in [7, 11) is 0. The van der Waals surface area contributed by atoms with Crippen LogP contribution in [0.2, 0.25) is 0 Å². The summed E-state index contributed by atoms with van der Waals surface area (Å²) in [6.45, 7) is 1.49. The number of aliphatic imine (C=N–C) groups is 2. The Hall–Kier alpha value is -1.54. The molecule has 0 spiro atoms. The summed E-state index contributed by atoms with van der Waals surface area (Å²) in [6, 6.07) is 0. The van der Waals surface area contributed by atoms with Crippen molar-refractivity contribution in [1.82, 2.24) is 15.3 Å². The summed E-state index contributed by atoms with van der Waals surface area (Å²) >= 11 is 0. The van der Waals surface area contributed by atoms with Crippen molar-refractivity contribution in [2.45, 2.75) is 25.6 Å². The van der Waals surface area contributed by atoms with Crippen molar-refractivity contribution < 1.29 is 13.9 Å². The zero-order valence-corrected chi connectivity index (χ0v) is 10.9. The highest BCUT2D eigenvalue weighted by atomic mass is 19.3. The lowest BCUT2D eigenvalue weighted by atomic mass is 9.93. The zero-order valence-electron chi connectivity index (χ0n) is 10.9. The van der Waals surface area contributed by atoms with Crippen molar-refractivity contribution in [3.8, 4) is 0 Å². The van der Waals surface area contributed by atoms with Crippen molar-refractivity contribution in [3.63, 3.8) is 0 Å². The molecule has 8 heteroatoms. The average Bonchev–Trinajstić information content (AvgIpc) is 2.94. The van der Waals surface area contributed by atoms with Crippen LogP contribution >= 0.6 is 0 Å². The normalized spacial score (nSPS) is 30.1. The Morgan fingerprint density at radius 2 is 2.35 bits per heavy atom. The van der Waals surface area contributed by atoms with E-state index < -0.39 is 12.7 Å². The van der Waals surface area contributed by atoms with E-state index >= 15 is 0 Å². The minimum atomic E-state index is -2.60. The van der Waals surface area contributed by atoms with Gasteiger partial charge in [0.15, 0.2) is 0 Å². The highest BCUT2D eigenvalue weighted by molar-refractivity contribution is 5.98. The number of allylic oxidation sites excluding steroid dienone is 1. The number of rotatable bonds is 3. The smallest absolute Gasteiger partial charge is 0.280 e. The predicted molar refractivity (Wildman–Crippen MR) is 70.2 cm³/mol. The van der Waals surface area contributed by atoms with Crippen LogP contribution in [0.4, 0.5) is 8.78 Å². The van der Waals surface area contributed by atoms with E-state index in [0.717, 1.165) is 25.1 Å². The van der Waals surface area contributed by atoms with Crippen molar-refractivity contribution in [2.75, 3.05) is 19.8 Å². The fraction of sp³-hybridized carbons (Fsp3) is 0.667. The van der Waals surface area contributed by atoms with Crippen LogP contribution in [0.25, 0.3) is 0 Å². The molecule has 3 aliphatic heterocycles. The maximum absolute atomic E-state index is 12.9. The number of fused-ring (bicyclic) bond motifs is 1. The molecule has 0 amide bonds. The zero-order chi connectivity index (χ0) is 14.1. The Morgan fingerprint density at radius 1 is 1.50 bits per heavy atom. The van der Waals surface area contributed by atoms with Gasteiger partial charge in [0, 0.05) is 24.7 Å². The number of nitrogens with one attached hydrogen (secondary N) is 1. The van der Waals surface area contributed by atoms with Gasteiger partial charge in [0.25, 0.3) is 6.43 Å². The monoisotopic (exact) mass is 285 g/mol. The molecule has 2 atom stereocenters. The second-order valence-electron chi connectivity index (χ2n) is 5.11. The molecule has 1 saturated heterocycles. The van der Waals surface area contributed by atoms with Gasteiger partial charge < -0.3 is 5.11 Å². The van der Waals surface area contributed by atoms with Crippen molar-refractivity contribution in [2.24, 2.45) is 15.9 Å². The Kier molecular flexibility index (Phi) is 3.66. The van der Waals surface area contributed by atoms with Gasteiger partial charge in [0.1, 0.15) is 12.1 Å². The minimum absolute atomic E-state index is 0.00701. The van der Waals surface area contributed by atoms with E-state index in [9.17, 15) is 13.9 Å². The Bertz CT molecular complexity index is 465. The molecule has 2 unspecified atom stereocenters. The first-order valence-electron chi connectivity index (χ1n) is 6.66. The average molecular weight is 285 g/mol. The van der Waals surface area contributed by atoms with Gasteiger partial charge in [0.2, 0.25) is 6.29 Å². The molecule has 0 aromatic heterocycles. The van der Waals surface area contributed by atoms with E-state index in [-0.39, 0.29) is 18.4 Å². The molecular formula is C12H17F2N5O. The van der Waals surface area contributed by atoms with Crippen LogP contribution in [0, 0.1) is 5.92 Å². The first-order chi connectivity index (χ1) is 9.69. The van der Waals surface area contributed by atoms with Crippen molar-refractivity contribution in [1.29, 1.82) is 0 Å². The number of piperidine rings is 1. The first-order valence-corrected chi connectivity index (χ1v) is 6.66. The number of halogens is 2. The minimum Gasteiger partial charge on any atom is -0.381 e. The molecule has 0 bridgehead atoms. The number of alkyl halides is 2. The Morgan fingerprint density at radius 3 is 3.10 bits per heavy atom. The molecule has 0 radical (unpaired) electrons. The van der Waals surface area contributed by atoms with E-state index in [0.29, 0.717) is 6.54 Å². The van der Waals surface area contributed by atoms with Gasteiger partial charge in [-0.1, -0.05) is 0 Å². The third-order valence-electron chi connectivity index (χ3n) is 3.82. The van der Waals surface area contributed by atoms with Crippen molar-refractivity contribution >= 4 is 12.1 Å². The molecule has 6 nitrogen and oxygen atoms in total. The molecule has 0 saturated carbocycles. The molecule has 0 aromatic carbocycles. The second kappa shape index (κ2) is 5.45. The lowest BCUT2D eigenvalue weighted by Gasteiger charge is -2.38. The van der Waals surface area contributed by atoms with Gasteiger partial charge in [-0.25, -0.2) is 23.8 Å². The molecule has 3 heterocycles. The summed E-state index contributed by atoms with van der Waals surface area (Å²) in [5.74, 6) is 0.0943. The third-order valence-corrected chi connectivity index (χ3v) is 3.82. The Balaban J connectivity index is 1.84. The van der Waals surface area contributed by atoms with E-state index in [2.05, 4.69) is 15.4 Å². The van der Waals surface area contributed by atoms with E-state index in [4.69, 9.17) is 0 Å². The molecule has 3 rings (SSSR count). The number of likely N-dealkylation sites (tertiary alicyclic amines) is 1. The molecule has 0 aromatic rings. The fourth-order valence-electron chi connectivity index (χ4n) is 2.85. The summed E-state index contributed by atoms with van der Waals surface area (Å²) in [5.41, 5.74) is 3.49. The van der Waals surface area contributed by atoms with E-state index in [1.54, 1.807) is 5.01 Å². The van der Waals surface area contributed by atoms with Gasteiger partial charge in [-0.05, 0) is 18.9 Å². The van der Waals surface area contributed by atoms with Gasteiger partial charge in [-0.2, -0.15) is 0 Å². The number of nitrogens with zero attached hydrogens (tertiary/aromatic N) is 4. The van der Waals surface area contributed by atoms with Gasteiger partial charge in [0.05, 0.1) is 6.73 Å². The highest BCUT2D eigenvalue weighted by Crippen LogP contribution is 2.30. The molecule has 3 aliphatic rings. The number of aliphatic hydroxyl groups excluding tert-OH is 1. The second-order valence-corrected chi connectivity index (χ2v) is 5.11. The van der Waals surface area contributed by atoms with Crippen molar-refractivity contribution in [3.05, 3.63) is 11.8 Å². The van der Waals surface area contributed by atoms with Crippen LogP contribution in [0.3, 0.4) is 0 Å². The van der Waals surface area contributed by atoms with E-state index in [1.807, 2.05) is 4.90 Å². The maximum Gasteiger partial charge on any atom is 0.280 e. The van der Waals surface area contributed by atoms with Gasteiger partial charge >= 0.3 is 0 Å². The van der Waals surface area contributed by atoms with Gasteiger partial charge in [-0.3, -0.25) is 10.3 Å². The molecule has 1 fully saturated rings. The fourth-order valence-corrected chi connectivity index (χ4v) is 2.85. The van der Waals surface area contributed by atoms with Crippen LogP contribution < -0.4 is 5.43 Å². The summed E-state index contributed by atoms with van der Waals surface area (Å²) in [6.07, 6.45) is 1.54. The van der Waals surface area contributed by atoms with Crippen LogP contribution in [-0.2, 0) is 0 Å². The van der Waals surface area contributed by atoms with E-state index in [1.165, 1.54) is 12.4 Å². The van der Waals surface area contributed by atoms with Crippen LogP contribution in [0.1, 0.15) is 12.8 Å². The summed E-state index contributed by atoms with van der Waals surface area (Å²) in [4.78, 5) is 9.87. The predicted octanol–water partition coefficient (Wildman–Crippen LogP) is 0.384. The lowest BCUT2D eigenvalue weighted by molar-refractivity contribution is 0.0632. The highest BCUT2D eigenvalue weighted by Gasteiger charge is 2.35. The summed E-state index contributed by atoms with van der Waals surface area (Å²) in [5, 5.41) is 11.0. The number of hydrazine groups is 1. The quantitative estimate of drug-likeness (QED) is 0.787. The van der Waals surface area contributed by atoms with Crippen LogP contribution in [0.5, 0.6) is 0 Å². The third kappa shape index (κ3) is 2.40. The number of aliphatic hydroxyl groups is 1. The Labute approximate surface area is 115 Å². The molecule has 2 N–H and O–H groups in total. The topological polar surface area (TPSA) is 63.5 Å².